The maximum atomic E-state index is 12.0. The highest BCUT2D eigenvalue weighted by Crippen LogP contribution is 2.16. The van der Waals surface area contributed by atoms with Crippen molar-refractivity contribution in [2.45, 2.75) is 6.42 Å². The largest absolute Gasteiger partial charge is 0.388 e. The molecule has 4 heteroatoms. The molecule has 104 valence electrons. The minimum absolute atomic E-state index is 0.0419. The van der Waals surface area contributed by atoms with E-state index >= 15 is 0 Å². The summed E-state index contributed by atoms with van der Waals surface area (Å²) in [4.78, 5) is 12.0. The standard InChI is InChI=1S/C16H17BrN2O/c1-18-14-8-6-13(7-9-14)16(20)19-11-10-12-4-2-3-5-15(12)17/h2-9,18H,10-11H2,1H3,(H,19,20). The van der Waals surface area contributed by atoms with Gasteiger partial charge in [0.2, 0.25) is 0 Å². The average Bonchev–Trinajstić information content (AvgIpc) is 2.49. The van der Waals surface area contributed by atoms with E-state index < -0.39 is 0 Å². The maximum absolute atomic E-state index is 12.0. The van der Waals surface area contributed by atoms with Crippen LogP contribution in [0.4, 0.5) is 5.69 Å². The first-order valence-corrected chi connectivity index (χ1v) is 7.29. The number of nitrogens with one attached hydrogen (secondary N) is 2. The first-order chi connectivity index (χ1) is 9.70. The molecular weight excluding hydrogens is 316 g/mol. The summed E-state index contributed by atoms with van der Waals surface area (Å²) in [6.07, 6.45) is 0.807. The number of carbonyl (C=O) groups excluding carboxylic acids is 1. The summed E-state index contributed by atoms with van der Waals surface area (Å²) in [5.41, 5.74) is 2.87. The van der Waals surface area contributed by atoms with Gasteiger partial charge in [-0.1, -0.05) is 34.1 Å². The molecule has 0 radical (unpaired) electrons. The van der Waals surface area contributed by atoms with Gasteiger partial charge in [0.05, 0.1) is 0 Å². The summed E-state index contributed by atoms with van der Waals surface area (Å²) >= 11 is 3.50. The molecule has 0 aromatic heterocycles. The quantitative estimate of drug-likeness (QED) is 0.880. The molecule has 0 unspecified atom stereocenters. The molecule has 0 spiro atoms. The van der Waals surface area contributed by atoms with E-state index in [2.05, 4.69) is 32.6 Å². The van der Waals surface area contributed by atoms with Gasteiger partial charge in [-0.3, -0.25) is 4.79 Å². The van der Waals surface area contributed by atoms with Gasteiger partial charge in [-0.25, -0.2) is 0 Å². The Balaban J connectivity index is 1.87. The van der Waals surface area contributed by atoms with Gasteiger partial charge < -0.3 is 10.6 Å². The first-order valence-electron chi connectivity index (χ1n) is 6.50. The van der Waals surface area contributed by atoms with Crippen molar-refractivity contribution in [3.8, 4) is 0 Å². The van der Waals surface area contributed by atoms with Crippen molar-refractivity contribution >= 4 is 27.5 Å². The molecule has 0 saturated carbocycles. The molecule has 0 aliphatic heterocycles. The van der Waals surface area contributed by atoms with Crippen LogP contribution in [0.5, 0.6) is 0 Å². The van der Waals surface area contributed by atoms with E-state index in [1.807, 2.05) is 49.5 Å². The van der Waals surface area contributed by atoms with Crippen LogP contribution in [0.15, 0.2) is 53.0 Å². The van der Waals surface area contributed by atoms with Crippen molar-refractivity contribution in [2.24, 2.45) is 0 Å². The minimum atomic E-state index is -0.0419. The Morgan fingerprint density at radius 2 is 1.80 bits per heavy atom. The molecule has 2 rings (SSSR count). The summed E-state index contributed by atoms with van der Waals surface area (Å²) in [7, 11) is 1.85. The van der Waals surface area contributed by atoms with Crippen molar-refractivity contribution in [1.29, 1.82) is 0 Å². The third kappa shape index (κ3) is 3.84. The Bertz CT molecular complexity index is 581. The van der Waals surface area contributed by atoms with E-state index in [9.17, 15) is 4.79 Å². The lowest BCUT2D eigenvalue weighted by Crippen LogP contribution is -2.25. The van der Waals surface area contributed by atoms with Gasteiger partial charge in [0.15, 0.2) is 0 Å². The van der Waals surface area contributed by atoms with Gasteiger partial charge in [0.1, 0.15) is 0 Å². The lowest BCUT2D eigenvalue weighted by Gasteiger charge is -2.07. The van der Waals surface area contributed by atoms with Gasteiger partial charge in [-0.05, 0) is 42.3 Å². The average molecular weight is 333 g/mol. The summed E-state index contributed by atoms with van der Waals surface area (Å²) < 4.78 is 1.08. The molecule has 2 aromatic carbocycles. The number of halogens is 1. The summed E-state index contributed by atoms with van der Waals surface area (Å²) in [6.45, 7) is 0.620. The van der Waals surface area contributed by atoms with E-state index in [0.29, 0.717) is 12.1 Å². The van der Waals surface area contributed by atoms with E-state index in [1.165, 1.54) is 5.56 Å². The molecule has 0 aliphatic carbocycles. The third-order valence-electron chi connectivity index (χ3n) is 3.07. The zero-order chi connectivity index (χ0) is 14.4. The normalized spacial score (nSPS) is 10.1. The molecule has 0 atom stereocenters. The third-order valence-corrected chi connectivity index (χ3v) is 3.85. The zero-order valence-electron chi connectivity index (χ0n) is 11.3. The lowest BCUT2D eigenvalue weighted by atomic mass is 10.1. The number of benzene rings is 2. The second kappa shape index (κ2) is 7.10. The molecule has 2 N–H and O–H groups in total. The van der Waals surface area contributed by atoms with Crippen LogP contribution < -0.4 is 10.6 Å². The second-order valence-corrected chi connectivity index (χ2v) is 5.28. The van der Waals surface area contributed by atoms with Crippen molar-refractivity contribution in [2.75, 3.05) is 18.9 Å². The van der Waals surface area contributed by atoms with E-state index in [1.54, 1.807) is 0 Å². The Morgan fingerprint density at radius 3 is 2.45 bits per heavy atom. The Morgan fingerprint density at radius 1 is 1.10 bits per heavy atom. The molecule has 0 saturated heterocycles. The Labute approximate surface area is 127 Å². The van der Waals surface area contributed by atoms with Crippen LogP contribution in [0.2, 0.25) is 0 Å². The smallest absolute Gasteiger partial charge is 0.251 e. The number of hydrogen-bond donors (Lipinski definition) is 2. The van der Waals surface area contributed by atoms with Crippen molar-refractivity contribution in [1.82, 2.24) is 5.32 Å². The molecule has 0 fully saturated rings. The number of rotatable bonds is 5. The van der Waals surface area contributed by atoms with Crippen molar-refractivity contribution in [3.63, 3.8) is 0 Å². The molecule has 20 heavy (non-hydrogen) atoms. The Hall–Kier alpha value is -1.81. The maximum Gasteiger partial charge on any atom is 0.251 e. The monoisotopic (exact) mass is 332 g/mol. The minimum Gasteiger partial charge on any atom is -0.388 e. The fourth-order valence-corrected chi connectivity index (χ4v) is 2.39. The zero-order valence-corrected chi connectivity index (χ0v) is 12.9. The number of amides is 1. The number of hydrogen-bond acceptors (Lipinski definition) is 2. The SMILES string of the molecule is CNc1ccc(C(=O)NCCc2ccccc2Br)cc1. The van der Waals surface area contributed by atoms with Gasteiger partial charge >= 0.3 is 0 Å². The second-order valence-electron chi connectivity index (χ2n) is 4.42. The van der Waals surface area contributed by atoms with Gasteiger partial charge in [-0.15, -0.1) is 0 Å². The highest BCUT2D eigenvalue weighted by molar-refractivity contribution is 9.10. The molecule has 0 aliphatic rings. The highest BCUT2D eigenvalue weighted by Gasteiger charge is 2.05. The molecule has 1 amide bonds. The predicted molar refractivity (Wildman–Crippen MR) is 86.2 cm³/mol. The van der Waals surface area contributed by atoms with Crippen LogP contribution >= 0.6 is 15.9 Å². The topological polar surface area (TPSA) is 41.1 Å². The number of anilines is 1. The fourth-order valence-electron chi connectivity index (χ4n) is 1.90. The van der Waals surface area contributed by atoms with Crippen LogP contribution in [0.25, 0.3) is 0 Å². The first kappa shape index (κ1) is 14.6. The van der Waals surface area contributed by atoms with Crippen LogP contribution in [-0.4, -0.2) is 19.5 Å². The van der Waals surface area contributed by atoms with Gasteiger partial charge in [0, 0.05) is 29.3 Å². The van der Waals surface area contributed by atoms with Crippen LogP contribution in [0.3, 0.4) is 0 Å². The van der Waals surface area contributed by atoms with Crippen molar-refractivity contribution in [3.05, 3.63) is 64.1 Å². The highest BCUT2D eigenvalue weighted by atomic mass is 79.9. The van der Waals surface area contributed by atoms with E-state index in [0.717, 1.165) is 16.6 Å². The lowest BCUT2D eigenvalue weighted by molar-refractivity contribution is 0.0954. The van der Waals surface area contributed by atoms with E-state index in [-0.39, 0.29) is 5.91 Å². The van der Waals surface area contributed by atoms with Gasteiger partial charge in [-0.2, -0.15) is 0 Å². The molecular formula is C16H17BrN2O. The van der Waals surface area contributed by atoms with Gasteiger partial charge in [0.25, 0.3) is 5.91 Å². The summed E-state index contributed by atoms with van der Waals surface area (Å²) in [6, 6.07) is 15.5. The fraction of sp³-hybridized carbons (Fsp3) is 0.188. The summed E-state index contributed by atoms with van der Waals surface area (Å²) in [5.74, 6) is -0.0419. The summed E-state index contributed by atoms with van der Waals surface area (Å²) in [5, 5.41) is 5.96. The predicted octanol–water partition coefficient (Wildman–Crippen LogP) is 3.46. The Kier molecular flexibility index (Phi) is 5.18. The van der Waals surface area contributed by atoms with Crippen LogP contribution in [0, 0.1) is 0 Å². The van der Waals surface area contributed by atoms with E-state index in [4.69, 9.17) is 0 Å². The molecule has 0 heterocycles. The van der Waals surface area contributed by atoms with Crippen LogP contribution in [-0.2, 0) is 6.42 Å². The molecule has 2 aromatic rings. The van der Waals surface area contributed by atoms with Crippen molar-refractivity contribution < 1.29 is 4.79 Å². The molecule has 3 nitrogen and oxygen atoms in total. The van der Waals surface area contributed by atoms with Crippen LogP contribution in [0.1, 0.15) is 15.9 Å². The number of carbonyl (C=O) groups is 1. The molecule has 0 bridgehead atoms.